The Balaban J connectivity index is 2.48. The van der Waals surface area contributed by atoms with Crippen molar-refractivity contribution in [3.63, 3.8) is 0 Å². The van der Waals surface area contributed by atoms with Crippen LogP contribution in [0.5, 0.6) is 0 Å². The van der Waals surface area contributed by atoms with Crippen molar-refractivity contribution in [2.75, 3.05) is 0 Å². The van der Waals surface area contributed by atoms with E-state index in [0.717, 1.165) is 0 Å². The van der Waals surface area contributed by atoms with Gasteiger partial charge in [0.15, 0.2) is 10.2 Å². The van der Waals surface area contributed by atoms with Crippen molar-refractivity contribution in [3.8, 4) is 0 Å². The van der Waals surface area contributed by atoms with Crippen LogP contribution in [0.25, 0.3) is 0 Å². The molecule has 0 radical (unpaired) electrons. The molecule has 0 bridgehead atoms. The molecular formula is C15H17Br2N3O3. The summed E-state index contributed by atoms with van der Waals surface area (Å²) in [4.78, 5) is 27.1. The Bertz CT molecular complexity index is 790. The summed E-state index contributed by atoms with van der Waals surface area (Å²) < 4.78 is 5.10. The summed E-state index contributed by atoms with van der Waals surface area (Å²) in [6.45, 7) is 6.77. The quantitative estimate of drug-likeness (QED) is 0.778. The molecule has 1 N–H and O–H groups in total. The molecule has 124 valence electrons. The van der Waals surface area contributed by atoms with Crippen molar-refractivity contribution in [2.45, 2.75) is 33.4 Å². The van der Waals surface area contributed by atoms with Crippen molar-refractivity contribution in [2.24, 2.45) is 5.41 Å². The molecule has 0 aliphatic rings. The van der Waals surface area contributed by atoms with Crippen molar-refractivity contribution >= 4 is 37.8 Å². The summed E-state index contributed by atoms with van der Waals surface area (Å²) in [6.07, 6.45) is 4.88. The van der Waals surface area contributed by atoms with E-state index in [2.05, 4.69) is 57.6 Å². The van der Waals surface area contributed by atoms with E-state index in [1.165, 1.54) is 12.3 Å². The SMILES string of the molecule is CC(C)(C)[C@H](Cn1cc(Br)nc1Br)n1ccc(=O)c(C(=O)O)c1. The maximum Gasteiger partial charge on any atom is 0.341 e. The Labute approximate surface area is 150 Å². The highest BCUT2D eigenvalue weighted by Gasteiger charge is 2.27. The zero-order valence-corrected chi connectivity index (χ0v) is 16.1. The maximum atomic E-state index is 11.7. The topological polar surface area (TPSA) is 77.1 Å². The van der Waals surface area contributed by atoms with Crippen LogP contribution >= 0.6 is 31.9 Å². The van der Waals surface area contributed by atoms with Gasteiger partial charge in [0.2, 0.25) is 0 Å². The van der Waals surface area contributed by atoms with E-state index in [1.54, 1.807) is 10.8 Å². The first kappa shape index (κ1) is 17.9. The van der Waals surface area contributed by atoms with Crippen molar-refractivity contribution in [1.82, 2.24) is 14.1 Å². The number of aromatic nitrogens is 3. The average molecular weight is 447 g/mol. The molecule has 2 aromatic heterocycles. The normalized spacial score (nSPS) is 13.1. The molecular weight excluding hydrogens is 430 g/mol. The molecule has 0 saturated heterocycles. The van der Waals surface area contributed by atoms with E-state index < -0.39 is 11.4 Å². The highest BCUT2D eigenvalue weighted by atomic mass is 79.9. The highest BCUT2D eigenvalue weighted by molar-refractivity contribution is 9.11. The van der Waals surface area contributed by atoms with Crippen LogP contribution in [0.2, 0.25) is 0 Å². The van der Waals surface area contributed by atoms with Gasteiger partial charge in [-0.15, -0.1) is 0 Å². The Morgan fingerprint density at radius 3 is 2.48 bits per heavy atom. The molecule has 0 amide bonds. The standard InChI is InChI=1S/C15H17Br2N3O3/c1-15(2,3)11(7-20-8-12(16)18-14(20)17)19-5-4-10(21)9(6-19)13(22)23/h4-6,8,11H,7H2,1-3H3,(H,22,23)/t11-/m0/s1. The second kappa shape index (κ2) is 6.60. The first-order valence-corrected chi connectivity index (χ1v) is 8.51. The van der Waals surface area contributed by atoms with Crippen LogP contribution in [0.1, 0.15) is 37.2 Å². The Hall–Kier alpha value is -1.41. The van der Waals surface area contributed by atoms with Gasteiger partial charge in [0.1, 0.15) is 10.2 Å². The fourth-order valence-electron chi connectivity index (χ4n) is 2.35. The summed E-state index contributed by atoms with van der Waals surface area (Å²) in [7, 11) is 0. The van der Waals surface area contributed by atoms with E-state index in [1.807, 2.05) is 10.8 Å². The number of aromatic carboxylic acids is 1. The fraction of sp³-hybridized carbons (Fsp3) is 0.400. The minimum atomic E-state index is -1.22. The Morgan fingerprint density at radius 1 is 1.35 bits per heavy atom. The number of pyridine rings is 1. The number of carboxylic acids is 1. The van der Waals surface area contributed by atoms with Crippen molar-refractivity contribution in [1.29, 1.82) is 0 Å². The fourth-order valence-corrected chi connectivity index (χ4v) is 3.44. The number of hydrogen-bond donors (Lipinski definition) is 1. The first-order valence-electron chi connectivity index (χ1n) is 6.93. The van der Waals surface area contributed by atoms with Gasteiger partial charge in [-0.05, 0) is 37.3 Å². The first-order chi connectivity index (χ1) is 10.6. The summed E-state index contributed by atoms with van der Waals surface area (Å²) in [5, 5.41) is 9.17. The van der Waals surface area contributed by atoms with Gasteiger partial charge in [-0.2, -0.15) is 0 Å². The molecule has 8 heteroatoms. The highest BCUT2D eigenvalue weighted by Crippen LogP contribution is 2.33. The lowest BCUT2D eigenvalue weighted by molar-refractivity contribution is 0.0693. The number of carbonyl (C=O) groups is 1. The molecule has 6 nitrogen and oxygen atoms in total. The van der Waals surface area contributed by atoms with Crippen LogP contribution < -0.4 is 5.43 Å². The van der Waals surface area contributed by atoms with Gasteiger partial charge in [-0.25, -0.2) is 9.78 Å². The van der Waals surface area contributed by atoms with Crippen LogP contribution in [-0.2, 0) is 6.54 Å². The number of imidazole rings is 1. The van der Waals surface area contributed by atoms with Crippen LogP contribution in [-0.4, -0.2) is 25.2 Å². The monoisotopic (exact) mass is 445 g/mol. The lowest BCUT2D eigenvalue weighted by Gasteiger charge is -2.33. The van der Waals surface area contributed by atoms with Gasteiger partial charge < -0.3 is 14.2 Å². The predicted molar refractivity (Wildman–Crippen MR) is 93.8 cm³/mol. The smallest absolute Gasteiger partial charge is 0.341 e. The number of nitrogens with zero attached hydrogens (tertiary/aromatic N) is 3. The molecule has 0 saturated carbocycles. The average Bonchev–Trinajstić information content (AvgIpc) is 2.73. The largest absolute Gasteiger partial charge is 0.477 e. The maximum absolute atomic E-state index is 11.7. The van der Waals surface area contributed by atoms with Gasteiger partial charge in [-0.1, -0.05) is 20.8 Å². The molecule has 0 fully saturated rings. The molecule has 1 atom stereocenters. The van der Waals surface area contributed by atoms with Gasteiger partial charge in [0.25, 0.3) is 0 Å². The Kier molecular flexibility index (Phi) is 5.15. The van der Waals surface area contributed by atoms with Crippen LogP contribution in [0.15, 0.2) is 38.8 Å². The lowest BCUT2D eigenvalue weighted by atomic mass is 9.86. The molecule has 23 heavy (non-hydrogen) atoms. The second-order valence-electron chi connectivity index (χ2n) is 6.34. The van der Waals surface area contributed by atoms with Crippen LogP contribution in [0.4, 0.5) is 0 Å². The van der Waals surface area contributed by atoms with Gasteiger partial charge in [0.05, 0.1) is 6.04 Å². The van der Waals surface area contributed by atoms with E-state index in [9.17, 15) is 9.59 Å². The zero-order valence-electron chi connectivity index (χ0n) is 13.0. The second-order valence-corrected chi connectivity index (χ2v) is 7.86. The molecule has 0 aromatic carbocycles. The molecule has 0 aliphatic heterocycles. The lowest BCUT2D eigenvalue weighted by Crippen LogP contribution is -2.30. The molecule has 0 unspecified atom stereocenters. The summed E-state index contributed by atoms with van der Waals surface area (Å²) in [5.74, 6) is -1.22. The summed E-state index contributed by atoms with van der Waals surface area (Å²) >= 11 is 6.73. The van der Waals surface area contributed by atoms with E-state index in [4.69, 9.17) is 5.11 Å². The number of carboxylic acid groups (broad SMARTS) is 1. The van der Waals surface area contributed by atoms with E-state index in [-0.39, 0.29) is 17.0 Å². The van der Waals surface area contributed by atoms with Crippen LogP contribution in [0.3, 0.4) is 0 Å². The molecule has 0 aliphatic carbocycles. The Morgan fingerprint density at radius 2 is 2.00 bits per heavy atom. The molecule has 0 spiro atoms. The zero-order chi connectivity index (χ0) is 17.4. The third kappa shape index (κ3) is 4.11. The summed E-state index contributed by atoms with van der Waals surface area (Å²) in [5.41, 5.74) is -0.887. The van der Waals surface area contributed by atoms with Crippen molar-refractivity contribution in [3.05, 3.63) is 49.8 Å². The number of rotatable bonds is 4. The predicted octanol–water partition coefficient (Wildman–Crippen LogP) is 3.56. The van der Waals surface area contributed by atoms with Gasteiger partial charge in [0, 0.05) is 31.2 Å². The number of hydrogen-bond acceptors (Lipinski definition) is 3. The minimum absolute atomic E-state index is 0.0707. The van der Waals surface area contributed by atoms with E-state index in [0.29, 0.717) is 15.9 Å². The third-order valence-corrected chi connectivity index (χ3v) is 4.61. The molecule has 2 aromatic rings. The van der Waals surface area contributed by atoms with Crippen molar-refractivity contribution < 1.29 is 9.90 Å². The molecule has 2 rings (SSSR count). The van der Waals surface area contributed by atoms with Gasteiger partial charge >= 0.3 is 5.97 Å². The third-order valence-electron chi connectivity index (χ3n) is 3.60. The van der Waals surface area contributed by atoms with E-state index >= 15 is 0 Å². The van der Waals surface area contributed by atoms with Gasteiger partial charge in [-0.3, -0.25) is 4.79 Å². The summed E-state index contributed by atoms with van der Waals surface area (Å²) in [6, 6.07) is 1.22. The number of halogens is 2. The minimum Gasteiger partial charge on any atom is -0.477 e. The molecule has 2 heterocycles. The van der Waals surface area contributed by atoms with Crippen LogP contribution in [0, 0.1) is 5.41 Å².